The zero-order valence-electron chi connectivity index (χ0n) is 7.74. The van der Waals surface area contributed by atoms with Crippen molar-refractivity contribution >= 4 is 5.82 Å². The first-order valence-corrected chi connectivity index (χ1v) is 3.99. The fourth-order valence-electron chi connectivity index (χ4n) is 0.860. The van der Waals surface area contributed by atoms with Gasteiger partial charge in [0.25, 0.3) is 0 Å². The van der Waals surface area contributed by atoms with E-state index in [1.54, 1.807) is 10.9 Å². The van der Waals surface area contributed by atoms with E-state index in [0.717, 1.165) is 5.56 Å². The lowest BCUT2D eigenvalue weighted by atomic mass is 10.3. The summed E-state index contributed by atoms with van der Waals surface area (Å²) in [6.07, 6.45) is 1.96. The van der Waals surface area contributed by atoms with E-state index in [2.05, 4.69) is 5.10 Å². The molecule has 0 aromatic carbocycles. The van der Waals surface area contributed by atoms with Crippen molar-refractivity contribution in [1.29, 1.82) is 0 Å². The molecule has 0 unspecified atom stereocenters. The third-order valence-electron chi connectivity index (χ3n) is 1.64. The van der Waals surface area contributed by atoms with Gasteiger partial charge in [-0.05, 0) is 13.8 Å². The summed E-state index contributed by atoms with van der Waals surface area (Å²) in [7, 11) is 1.81. The summed E-state index contributed by atoms with van der Waals surface area (Å²) in [6.45, 7) is 4.52. The molecule has 0 aliphatic carbocycles. The van der Waals surface area contributed by atoms with Crippen molar-refractivity contribution in [2.45, 2.75) is 26.6 Å². The monoisotopic (exact) mass is 169 g/mol. The maximum atomic E-state index is 5.71. The number of hydrogen-bond donors (Lipinski definition) is 1. The Morgan fingerprint density at radius 1 is 1.67 bits per heavy atom. The summed E-state index contributed by atoms with van der Waals surface area (Å²) in [5.41, 5.74) is 6.66. The number of hydrogen-bond acceptors (Lipinski definition) is 3. The fraction of sp³-hybridized carbons (Fsp3) is 0.625. The molecule has 12 heavy (non-hydrogen) atoms. The second-order valence-electron chi connectivity index (χ2n) is 3.04. The van der Waals surface area contributed by atoms with Crippen molar-refractivity contribution in [3.8, 4) is 0 Å². The number of nitrogens with zero attached hydrogens (tertiary/aromatic N) is 2. The first-order valence-electron chi connectivity index (χ1n) is 3.99. The predicted octanol–water partition coefficient (Wildman–Crippen LogP) is 0.927. The van der Waals surface area contributed by atoms with E-state index in [-0.39, 0.29) is 6.10 Å². The largest absolute Gasteiger partial charge is 0.384 e. The van der Waals surface area contributed by atoms with Crippen molar-refractivity contribution < 1.29 is 4.74 Å². The van der Waals surface area contributed by atoms with Gasteiger partial charge in [-0.2, -0.15) is 5.10 Å². The molecule has 2 N–H and O–H groups in total. The summed E-state index contributed by atoms with van der Waals surface area (Å²) in [5.74, 6) is 0.677. The van der Waals surface area contributed by atoms with Crippen LogP contribution in [0.5, 0.6) is 0 Å². The highest BCUT2D eigenvalue weighted by Crippen LogP contribution is 2.11. The van der Waals surface area contributed by atoms with Crippen LogP contribution in [0.15, 0.2) is 6.20 Å². The van der Waals surface area contributed by atoms with Crippen LogP contribution in [0.25, 0.3) is 0 Å². The minimum Gasteiger partial charge on any atom is -0.384 e. The summed E-state index contributed by atoms with van der Waals surface area (Å²) < 4.78 is 7.03. The number of nitrogens with two attached hydrogens (primary N) is 1. The standard InChI is InChI=1S/C8H15N3O/c1-6(2)12-5-7-4-10-11(3)8(7)9/h4,6H,5,9H2,1-3H3. The molecule has 1 aromatic heterocycles. The highest BCUT2D eigenvalue weighted by molar-refractivity contribution is 5.37. The number of rotatable bonds is 3. The van der Waals surface area contributed by atoms with Crippen LogP contribution in [0, 0.1) is 0 Å². The van der Waals surface area contributed by atoms with Crippen LogP contribution in [-0.2, 0) is 18.4 Å². The molecule has 4 nitrogen and oxygen atoms in total. The molecule has 0 spiro atoms. The number of aromatic nitrogens is 2. The van der Waals surface area contributed by atoms with Gasteiger partial charge < -0.3 is 10.5 Å². The summed E-state index contributed by atoms with van der Waals surface area (Å²) in [4.78, 5) is 0. The predicted molar refractivity (Wildman–Crippen MR) is 47.5 cm³/mol. The Morgan fingerprint density at radius 3 is 2.75 bits per heavy atom. The van der Waals surface area contributed by atoms with Crippen LogP contribution in [-0.4, -0.2) is 15.9 Å². The average molecular weight is 169 g/mol. The first-order chi connectivity index (χ1) is 5.61. The topological polar surface area (TPSA) is 53.1 Å². The molecule has 68 valence electrons. The normalized spacial score (nSPS) is 11.0. The van der Waals surface area contributed by atoms with Crippen molar-refractivity contribution in [2.24, 2.45) is 7.05 Å². The zero-order chi connectivity index (χ0) is 9.14. The van der Waals surface area contributed by atoms with Crippen molar-refractivity contribution in [1.82, 2.24) is 9.78 Å². The van der Waals surface area contributed by atoms with Gasteiger partial charge >= 0.3 is 0 Å². The third kappa shape index (κ3) is 1.98. The SMILES string of the molecule is CC(C)OCc1cnn(C)c1N. The van der Waals surface area contributed by atoms with Gasteiger partial charge in [-0.3, -0.25) is 4.68 Å². The number of nitrogen functional groups attached to an aromatic ring is 1. The summed E-state index contributed by atoms with van der Waals surface area (Å²) in [5, 5.41) is 4.01. The molecule has 0 saturated carbocycles. The smallest absolute Gasteiger partial charge is 0.126 e. The molecule has 1 aromatic rings. The Hall–Kier alpha value is -1.03. The Morgan fingerprint density at radius 2 is 2.33 bits per heavy atom. The Labute approximate surface area is 72.3 Å². The molecule has 0 aliphatic rings. The Balaban J connectivity index is 2.58. The summed E-state index contributed by atoms with van der Waals surface area (Å²) >= 11 is 0. The lowest BCUT2D eigenvalue weighted by molar-refractivity contribution is 0.0660. The molecule has 0 saturated heterocycles. The maximum Gasteiger partial charge on any atom is 0.126 e. The van der Waals surface area contributed by atoms with Crippen LogP contribution >= 0.6 is 0 Å². The van der Waals surface area contributed by atoms with Gasteiger partial charge in [-0.25, -0.2) is 0 Å². The molecular formula is C8H15N3O. The molecule has 1 rings (SSSR count). The number of aryl methyl sites for hydroxylation is 1. The van der Waals surface area contributed by atoms with Gasteiger partial charge in [0.05, 0.1) is 18.9 Å². The van der Waals surface area contributed by atoms with Crippen molar-refractivity contribution in [3.05, 3.63) is 11.8 Å². The van der Waals surface area contributed by atoms with Gasteiger partial charge in [0, 0.05) is 12.6 Å². The van der Waals surface area contributed by atoms with Crippen molar-refractivity contribution in [2.75, 3.05) is 5.73 Å². The van der Waals surface area contributed by atoms with Crippen LogP contribution < -0.4 is 5.73 Å². The average Bonchev–Trinajstić information content (AvgIpc) is 2.30. The molecular weight excluding hydrogens is 154 g/mol. The molecule has 0 bridgehead atoms. The molecule has 0 atom stereocenters. The molecule has 0 amide bonds. The highest BCUT2D eigenvalue weighted by atomic mass is 16.5. The van der Waals surface area contributed by atoms with E-state index < -0.39 is 0 Å². The second-order valence-corrected chi connectivity index (χ2v) is 3.04. The minimum atomic E-state index is 0.226. The van der Waals surface area contributed by atoms with Gasteiger partial charge in [0.2, 0.25) is 0 Å². The molecule has 0 fully saturated rings. The van der Waals surface area contributed by atoms with Crippen molar-refractivity contribution in [3.63, 3.8) is 0 Å². The lowest BCUT2D eigenvalue weighted by Gasteiger charge is -2.06. The van der Waals surface area contributed by atoms with Gasteiger partial charge in [-0.15, -0.1) is 0 Å². The van der Waals surface area contributed by atoms with Crippen LogP contribution in [0.4, 0.5) is 5.82 Å². The van der Waals surface area contributed by atoms with E-state index in [1.165, 1.54) is 0 Å². The maximum absolute atomic E-state index is 5.71. The molecule has 4 heteroatoms. The third-order valence-corrected chi connectivity index (χ3v) is 1.64. The van der Waals surface area contributed by atoms with E-state index >= 15 is 0 Å². The van der Waals surface area contributed by atoms with Crippen LogP contribution in [0.1, 0.15) is 19.4 Å². The molecule has 0 radical (unpaired) electrons. The van der Waals surface area contributed by atoms with E-state index in [0.29, 0.717) is 12.4 Å². The van der Waals surface area contributed by atoms with Crippen LogP contribution in [0.3, 0.4) is 0 Å². The highest BCUT2D eigenvalue weighted by Gasteiger charge is 2.04. The minimum absolute atomic E-state index is 0.226. The van der Waals surface area contributed by atoms with Gasteiger partial charge in [-0.1, -0.05) is 0 Å². The summed E-state index contributed by atoms with van der Waals surface area (Å²) in [6, 6.07) is 0. The second kappa shape index (κ2) is 3.58. The first kappa shape index (κ1) is 9.06. The molecule has 1 heterocycles. The number of ether oxygens (including phenoxy) is 1. The molecule has 0 aliphatic heterocycles. The number of anilines is 1. The lowest BCUT2D eigenvalue weighted by Crippen LogP contribution is -2.04. The van der Waals surface area contributed by atoms with E-state index in [4.69, 9.17) is 10.5 Å². The van der Waals surface area contributed by atoms with E-state index in [9.17, 15) is 0 Å². The zero-order valence-corrected chi connectivity index (χ0v) is 7.74. The van der Waals surface area contributed by atoms with Crippen LogP contribution in [0.2, 0.25) is 0 Å². The van der Waals surface area contributed by atoms with Gasteiger partial charge in [0.1, 0.15) is 5.82 Å². The Kier molecular flexibility index (Phi) is 2.70. The fourth-order valence-corrected chi connectivity index (χ4v) is 0.860. The van der Waals surface area contributed by atoms with Gasteiger partial charge in [0.15, 0.2) is 0 Å². The Bertz CT molecular complexity index is 255. The quantitative estimate of drug-likeness (QED) is 0.732. The van der Waals surface area contributed by atoms with E-state index in [1.807, 2.05) is 20.9 Å².